The first-order valence-electron chi connectivity index (χ1n) is 4.31. The Morgan fingerprint density at radius 3 is 2.67 bits per heavy atom. The van der Waals surface area contributed by atoms with Gasteiger partial charge in [0.05, 0.1) is 0 Å². The summed E-state index contributed by atoms with van der Waals surface area (Å²) >= 11 is 5.70. The average Bonchev–Trinajstić information content (AvgIpc) is 1.97. The molecule has 1 N–H and O–H groups in total. The second-order valence-corrected chi connectivity index (χ2v) is 3.38. The van der Waals surface area contributed by atoms with Gasteiger partial charge in [0.1, 0.15) is 5.38 Å². The molecule has 0 aromatic heterocycles. The minimum Gasteiger partial charge on any atom is -0.418 e. The van der Waals surface area contributed by atoms with Crippen LogP contribution in [-0.2, 0) is 0 Å². The molecule has 0 amide bonds. The van der Waals surface area contributed by atoms with E-state index in [1.807, 2.05) is 0 Å². The van der Waals surface area contributed by atoms with Crippen molar-refractivity contribution in [2.75, 3.05) is 0 Å². The standard InChI is InChI=1S/C8H16ClNO2/c1-2-3-4-5-6-8(9)7-10(11)12/h7-8H,2-6H2,1H3,(H,11,12). The number of unbranched alkanes of at least 4 members (excludes halogenated alkanes) is 3. The molecule has 0 rings (SSSR count). The van der Waals surface area contributed by atoms with Crippen LogP contribution >= 0.6 is 11.6 Å². The van der Waals surface area contributed by atoms with Crippen molar-refractivity contribution in [2.24, 2.45) is 0 Å². The average molecular weight is 194 g/mol. The Hall–Kier alpha value is -0.440. The van der Waals surface area contributed by atoms with E-state index in [4.69, 9.17) is 16.8 Å². The van der Waals surface area contributed by atoms with E-state index < -0.39 is 0 Å². The summed E-state index contributed by atoms with van der Waals surface area (Å²) in [5.41, 5.74) is 0. The lowest BCUT2D eigenvalue weighted by Crippen LogP contribution is -2.08. The van der Waals surface area contributed by atoms with Crippen molar-refractivity contribution in [3.63, 3.8) is 0 Å². The van der Waals surface area contributed by atoms with Gasteiger partial charge in [-0.3, -0.25) is 5.21 Å². The van der Waals surface area contributed by atoms with Crippen molar-refractivity contribution >= 4 is 17.8 Å². The highest BCUT2D eigenvalue weighted by Crippen LogP contribution is 2.08. The summed E-state index contributed by atoms with van der Waals surface area (Å²) in [6.45, 7) is 2.14. The van der Waals surface area contributed by atoms with Crippen molar-refractivity contribution < 1.29 is 10.1 Å². The van der Waals surface area contributed by atoms with Gasteiger partial charge in [0.15, 0.2) is 0 Å². The van der Waals surface area contributed by atoms with Gasteiger partial charge >= 0.3 is 0 Å². The topological polar surface area (TPSA) is 46.3 Å². The summed E-state index contributed by atoms with van der Waals surface area (Å²) in [4.78, 5) is -0.225. The third-order valence-electron chi connectivity index (χ3n) is 1.62. The molecular formula is C8H16ClNO2. The normalized spacial score (nSPS) is 14.7. The van der Waals surface area contributed by atoms with Gasteiger partial charge in [-0.25, -0.2) is 0 Å². The van der Waals surface area contributed by atoms with Gasteiger partial charge in [-0.2, -0.15) is 0 Å². The maximum Gasteiger partial charge on any atom is 0.227 e. The van der Waals surface area contributed by atoms with Crippen molar-refractivity contribution in [1.82, 2.24) is 0 Å². The lowest BCUT2D eigenvalue weighted by atomic mass is 10.1. The smallest absolute Gasteiger partial charge is 0.227 e. The number of alkyl halides is 1. The molecule has 0 aliphatic rings. The molecule has 3 nitrogen and oxygen atoms in total. The molecule has 0 aromatic rings. The van der Waals surface area contributed by atoms with Crippen molar-refractivity contribution in [1.29, 1.82) is 0 Å². The van der Waals surface area contributed by atoms with E-state index in [0.29, 0.717) is 0 Å². The lowest BCUT2D eigenvalue weighted by Gasteiger charge is -2.00. The van der Waals surface area contributed by atoms with Gasteiger partial charge < -0.3 is 5.21 Å². The van der Waals surface area contributed by atoms with E-state index in [0.717, 1.165) is 25.5 Å². The molecule has 0 saturated heterocycles. The molecule has 72 valence electrons. The second-order valence-electron chi connectivity index (χ2n) is 2.82. The van der Waals surface area contributed by atoms with Crippen LogP contribution < -0.4 is 0 Å². The monoisotopic (exact) mass is 193 g/mol. The molecular weight excluding hydrogens is 178 g/mol. The number of rotatable bonds is 6. The quantitative estimate of drug-likeness (QED) is 0.176. The fraction of sp³-hybridized carbons (Fsp3) is 0.875. The molecule has 0 aliphatic carbocycles. The molecule has 0 saturated carbocycles. The summed E-state index contributed by atoms with van der Waals surface area (Å²) in [5.74, 6) is 0. The number of hydrogen-bond acceptors (Lipinski definition) is 2. The van der Waals surface area contributed by atoms with Crippen LogP contribution in [0.15, 0.2) is 0 Å². The van der Waals surface area contributed by atoms with Gasteiger partial charge in [-0.15, -0.1) is 11.6 Å². The van der Waals surface area contributed by atoms with Crippen LogP contribution in [0, 0.1) is 5.21 Å². The predicted molar refractivity (Wildman–Crippen MR) is 49.9 cm³/mol. The van der Waals surface area contributed by atoms with E-state index in [1.165, 1.54) is 12.8 Å². The zero-order valence-electron chi connectivity index (χ0n) is 7.37. The van der Waals surface area contributed by atoms with Gasteiger partial charge in [0.25, 0.3) is 0 Å². The minimum atomic E-state index is -0.343. The number of nitrogens with zero attached hydrogens (tertiary/aromatic N) is 1. The largest absolute Gasteiger partial charge is 0.418 e. The SMILES string of the molecule is CCCCCCC(Cl)/C=[N+](\[O-])O. The van der Waals surface area contributed by atoms with E-state index in [-0.39, 0.29) is 10.3 Å². The maximum atomic E-state index is 10.1. The molecule has 0 spiro atoms. The van der Waals surface area contributed by atoms with Crippen molar-refractivity contribution in [3.8, 4) is 0 Å². The maximum absolute atomic E-state index is 10.1. The second kappa shape index (κ2) is 7.22. The Balaban J connectivity index is 3.32. The van der Waals surface area contributed by atoms with Crippen LogP contribution in [0.5, 0.6) is 0 Å². The fourth-order valence-electron chi connectivity index (χ4n) is 0.979. The molecule has 1 atom stereocenters. The molecule has 12 heavy (non-hydrogen) atoms. The Bertz CT molecular complexity index is 135. The number of hydrogen-bond donors (Lipinski definition) is 1. The highest BCUT2D eigenvalue weighted by molar-refractivity contribution is 6.27. The Morgan fingerprint density at radius 1 is 1.50 bits per heavy atom. The molecule has 4 heteroatoms. The van der Waals surface area contributed by atoms with Gasteiger partial charge in [0.2, 0.25) is 6.21 Å². The van der Waals surface area contributed by atoms with E-state index >= 15 is 0 Å². The predicted octanol–water partition coefficient (Wildman–Crippen LogP) is 2.53. The summed E-state index contributed by atoms with van der Waals surface area (Å²) in [6.07, 6.45) is 6.34. The van der Waals surface area contributed by atoms with Crippen LogP contribution in [0.4, 0.5) is 0 Å². The van der Waals surface area contributed by atoms with Crippen LogP contribution in [0.1, 0.15) is 39.0 Å². The highest BCUT2D eigenvalue weighted by atomic mass is 35.5. The third-order valence-corrected chi connectivity index (χ3v) is 1.95. The van der Waals surface area contributed by atoms with Gasteiger partial charge in [-0.05, 0) is 6.42 Å². The van der Waals surface area contributed by atoms with E-state index in [2.05, 4.69) is 6.92 Å². The van der Waals surface area contributed by atoms with Crippen molar-refractivity contribution in [3.05, 3.63) is 5.21 Å². The molecule has 0 heterocycles. The first-order chi connectivity index (χ1) is 5.66. The molecule has 0 fully saturated rings. The minimum absolute atomic E-state index is 0.225. The molecule has 1 unspecified atom stereocenters. The molecule has 0 aliphatic heterocycles. The molecule has 0 bridgehead atoms. The van der Waals surface area contributed by atoms with Gasteiger partial charge in [-0.1, -0.05) is 32.6 Å². The number of halogens is 1. The summed E-state index contributed by atoms with van der Waals surface area (Å²) < 4.78 is 0. The summed E-state index contributed by atoms with van der Waals surface area (Å²) in [7, 11) is 0. The Labute approximate surface area is 78.2 Å². The summed E-state index contributed by atoms with van der Waals surface area (Å²) in [5, 5.41) is 18.0. The van der Waals surface area contributed by atoms with Crippen LogP contribution in [-0.4, -0.2) is 21.7 Å². The zero-order chi connectivity index (χ0) is 9.40. The molecule has 0 radical (unpaired) electrons. The highest BCUT2D eigenvalue weighted by Gasteiger charge is 2.05. The van der Waals surface area contributed by atoms with Gasteiger partial charge in [0, 0.05) is 4.90 Å². The Kier molecular flexibility index (Phi) is 6.96. The molecule has 0 aromatic carbocycles. The summed E-state index contributed by atoms with van der Waals surface area (Å²) in [6, 6.07) is 0. The van der Waals surface area contributed by atoms with Crippen LogP contribution in [0.3, 0.4) is 0 Å². The first-order valence-corrected chi connectivity index (χ1v) is 4.74. The first kappa shape index (κ1) is 11.6. The third kappa shape index (κ3) is 7.66. The fourth-order valence-corrected chi connectivity index (χ4v) is 1.23. The van der Waals surface area contributed by atoms with Crippen LogP contribution in [0.25, 0.3) is 0 Å². The van der Waals surface area contributed by atoms with E-state index in [9.17, 15) is 5.21 Å². The zero-order valence-corrected chi connectivity index (χ0v) is 8.13. The lowest BCUT2D eigenvalue weighted by molar-refractivity contribution is -0.723. The van der Waals surface area contributed by atoms with Crippen LogP contribution in [0.2, 0.25) is 0 Å². The van der Waals surface area contributed by atoms with E-state index in [1.54, 1.807) is 0 Å². The Morgan fingerprint density at radius 2 is 2.17 bits per heavy atom. The van der Waals surface area contributed by atoms with Crippen molar-refractivity contribution in [2.45, 2.75) is 44.4 Å².